The molecule has 284 valence electrons. The molecule has 1 fully saturated rings. The molecule has 0 aromatic heterocycles. The molecule has 1 aliphatic heterocycles. The monoisotopic (exact) mass is 724 g/mol. The Labute approximate surface area is 295 Å². The maximum Gasteiger partial charge on any atom is 0.408 e. The third kappa shape index (κ3) is 14.1. The van der Waals surface area contributed by atoms with Gasteiger partial charge in [0.25, 0.3) is 0 Å². The van der Waals surface area contributed by atoms with E-state index in [9.17, 15) is 38.7 Å². The van der Waals surface area contributed by atoms with Crippen LogP contribution in [-0.4, -0.2) is 103 Å². The normalized spacial score (nSPS) is 20.5. The van der Waals surface area contributed by atoms with E-state index < -0.39 is 90.7 Å². The number of aryl methyl sites for hydroxylation is 1. The van der Waals surface area contributed by atoms with Crippen molar-refractivity contribution in [2.45, 2.75) is 116 Å². The average molecular weight is 725 g/mol. The fourth-order valence-corrected chi connectivity index (χ4v) is 5.29. The Morgan fingerprint density at radius 3 is 2.08 bits per heavy atom. The lowest BCUT2D eigenvalue weighted by Crippen LogP contribution is -2.63. The summed E-state index contributed by atoms with van der Waals surface area (Å²) in [6.07, 6.45) is -7.28. The second kappa shape index (κ2) is 19.4. The molecule has 4 amide bonds. The summed E-state index contributed by atoms with van der Waals surface area (Å²) in [5, 5.41) is 17.8. The molecule has 1 heterocycles. The lowest BCUT2D eigenvalue weighted by Gasteiger charge is -2.43. The molecular weight excluding hydrogens is 676 g/mol. The molecule has 18 heteroatoms. The molecule has 1 aliphatic rings. The molecule has 1 aromatic carbocycles. The summed E-state index contributed by atoms with van der Waals surface area (Å²) < 4.78 is 32.3. The quantitative estimate of drug-likeness (QED) is 0.0966. The van der Waals surface area contributed by atoms with Crippen LogP contribution >= 0.6 is 0 Å². The Kier molecular flexibility index (Phi) is 16.1. The largest absolute Gasteiger partial charge is 0.467 e. The molecule has 0 radical (unpaired) electrons. The first-order chi connectivity index (χ1) is 23.8. The molecule has 0 spiro atoms. The fourth-order valence-electron chi connectivity index (χ4n) is 5.29. The molecule has 1 unspecified atom stereocenters. The van der Waals surface area contributed by atoms with Gasteiger partial charge >= 0.3 is 36.0 Å². The van der Waals surface area contributed by atoms with Gasteiger partial charge in [0, 0.05) is 33.0 Å². The molecule has 6 atom stereocenters. The van der Waals surface area contributed by atoms with Crippen molar-refractivity contribution in [2.75, 3.05) is 19.0 Å². The van der Waals surface area contributed by atoms with Gasteiger partial charge in [-0.1, -0.05) is 6.07 Å². The first-order valence-corrected chi connectivity index (χ1v) is 16.2. The molecule has 51 heavy (non-hydrogen) atoms. The van der Waals surface area contributed by atoms with Gasteiger partial charge in [-0.3, -0.25) is 19.2 Å². The summed E-state index contributed by atoms with van der Waals surface area (Å²) in [5.41, 5.74) is 5.55. The molecule has 1 saturated heterocycles. The van der Waals surface area contributed by atoms with Crippen LogP contribution in [0.4, 0.5) is 15.3 Å². The number of hydrogen-bond acceptors (Lipinski definition) is 14. The van der Waals surface area contributed by atoms with E-state index in [-0.39, 0.29) is 32.2 Å². The van der Waals surface area contributed by atoms with Crippen LogP contribution in [0.1, 0.15) is 71.9 Å². The highest BCUT2D eigenvalue weighted by Crippen LogP contribution is 2.32. The summed E-state index contributed by atoms with van der Waals surface area (Å²) in [5.74, 6) is -3.95. The fraction of sp³-hybridized carbons (Fsp3) is 0.606. The van der Waals surface area contributed by atoms with Gasteiger partial charge in [0.1, 0.15) is 11.6 Å². The van der Waals surface area contributed by atoms with Crippen LogP contribution < -0.4 is 21.7 Å². The van der Waals surface area contributed by atoms with Gasteiger partial charge in [-0.2, -0.15) is 0 Å². The third-order valence-corrected chi connectivity index (χ3v) is 7.29. The van der Waals surface area contributed by atoms with Gasteiger partial charge in [-0.25, -0.2) is 14.4 Å². The van der Waals surface area contributed by atoms with Gasteiger partial charge in [-0.15, -0.1) is 0 Å². The van der Waals surface area contributed by atoms with Crippen LogP contribution in [0.2, 0.25) is 0 Å². The van der Waals surface area contributed by atoms with Crippen LogP contribution in [0.5, 0.6) is 0 Å². The summed E-state index contributed by atoms with van der Waals surface area (Å²) in [6, 6.07) is 2.87. The number of aliphatic hydroxyl groups is 1. The molecular formula is C33H48N4O14. The highest BCUT2D eigenvalue weighted by atomic mass is 16.7. The minimum Gasteiger partial charge on any atom is -0.467 e. The highest BCUT2D eigenvalue weighted by molar-refractivity contribution is 5.96. The molecule has 0 bridgehead atoms. The molecule has 6 N–H and O–H groups in total. The van der Waals surface area contributed by atoms with Gasteiger partial charge in [-0.05, 0) is 69.7 Å². The Morgan fingerprint density at radius 1 is 0.922 bits per heavy atom. The first kappa shape index (κ1) is 42.2. The number of nitrogens with one attached hydrogen (secondary N) is 3. The second-order valence-corrected chi connectivity index (χ2v) is 12.6. The number of methoxy groups -OCH3 is 1. The van der Waals surface area contributed by atoms with E-state index in [1.807, 2.05) is 0 Å². The number of amides is 4. The van der Waals surface area contributed by atoms with Crippen LogP contribution in [0.3, 0.4) is 0 Å². The van der Waals surface area contributed by atoms with Gasteiger partial charge in [0.2, 0.25) is 5.91 Å². The van der Waals surface area contributed by atoms with Gasteiger partial charge in [0.05, 0.1) is 19.8 Å². The lowest BCUT2D eigenvalue weighted by atomic mass is 9.90. The zero-order chi connectivity index (χ0) is 38.5. The van der Waals surface area contributed by atoms with Crippen molar-refractivity contribution in [2.24, 2.45) is 5.73 Å². The number of benzene rings is 1. The van der Waals surface area contributed by atoms with Crippen LogP contribution in [-0.2, 0) is 65.4 Å². The van der Waals surface area contributed by atoms with Crippen molar-refractivity contribution in [3.63, 3.8) is 0 Å². The zero-order valence-electron chi connectivity index (χ0n) is 29.8. The van der Waals surface area contributed by atoms with Gasteiger partial charge < -0.3 is 55.2 Å². The number of rotatable bonds is 15. The Balaban J connectivity index is 2.38. The third-order valence-electron chi connectivity index (χ3n) is 7.29. The smallest absolute Gasteiger partial charge is 0.408 e. The van der Waals surface area contributed by atoms with Crippen LogP contribution in [0, 0.1) is 0 Å². The van der Waals surface area contributed by atoms with Crippen molar-refractivity contribution in [3.05, 3.63) is 29.3 Å². The summed E-state index contributed by atoms with van der Waals surface area (Å²) in [7, 11) is 1.09. The number of aliphatic hydroxyl groups excluding tert-OH is 1. The Morgan fingerprint density at radius 2 is 1.53 bits per heavy atom. The summed E-state index contributed by atoms with van der Waals surface area (Å²) in [6.45, 7) is 8.04. The number of nitrogens with two attached hydrogens (primary N) is 1. The Bertz CT molecular complexity index is 1430. The number of primary amides is 1. The minimum absolute atomic E-state index is 0.0100. The van der Waals surface area contributed by atoms with Gasteiger partial charge in [0.15, 0.2) is 24.4 Å². The minimum atomic E-state index is -1.56. The van der Waals surface area contributed by atoms with E-state index >= 15 is 0 Å². The molecule has 0 aliphatic carbocycles. The zero-order valence-corrected chi connectivity index (χ0v) is 29.8. The van der Waals surface area contributed by atoms with E-state index in [1.165, 1.54) is 0 Å². The number of urea groups is 1. The maximum atomic E-state index is 13.4. The molecule has 0 saturated carbocycles. The molecule has 1 aromatic rings. The summed E-state index contributed by atoms with van der Waals surface area (Å²) in [4.78, 5) is 86.0. The second-order valence-electron chi connectivity index (χ2n) is 12.6. The van der Waals surface area contributed by atoms with Crippen molar-refractivity contribution >= 4 is 47.6 Å². The number of anilines is 1. The van der Waals surface area contributed by atoms with Crippen molar-refractivity contribution in [1.29, 1.82) is 0 Å². The van der Waals surface area contributed by atoms with Crippen LogP contribution in [0.15, 0.2) is 18.2 Å². The number of ether oxygens (including phenoxy) is 6. The van der Waals surface area contributed by atoms with E-state index in [4.69, 9.17) is 34.2 Å². The first-order valence-electron chi connectivity index (χ1n) is 16.2. The number of alkyl carbamates (subject to hydrolysis) is 1. The average Bonchev–Trinajstić information content (AvgIpc) is 3.01. The SMILES string of the molecule is COC(=O)[C@H]1O[C@@H](CCc2cc(NC(=O)C(CCCNC(N)=O)NC(=O)OC(C)(C)C)ccc2CO)[C@H](OC(C)=O)[C@@H](OC(C)=O)[C@@H]1OC(C)=O. The molecule has 18 nitrogen and oxygen atoms in total. The van der Waals surface area contributed by atoms with E-state index in [1.54, 1.807) is 39.0 Å². The number of hydrogen-bond donors (Lipinski definition) is 5. The number of carbonyl (C=O) groups excluding carboxylic acids is 7. The number of carbonyl (C=O) groups is 7. The van der Waals surface area contributed by atoms with Crippen molar-refractivity contribution in [3.8, 4) is 0 Å². The van der Waals surface area contributed by atoms with E-state index in [0.29, 0.717) is 16.8 Å². The molecule has 2 rings (SSSR count). The van der Waals surface area contributed by atoms with E-state index in [0.717, 1.165) is 27.9 Å². The Hall–Kier alpha value is -4.97. The lowest BCUT2D eigenvalue weighted by molar-refractivity contribution is -0.249. The predicted molar refractivity (Wildman–Crippen MR) is 177 cm³/mol. The van der Waals surface area contributed by atoms with Crippen LogP contribution in [0.25, 0.3) is 0 Å². The standard InChI is InChI=1S/C33H48N4O14/c1-17(39)47-25-24(50-28(30(43)46-7)27(49-19(3)41)26(25)48-18(2)40)13-11-20-15-22(12-10-21(20)16-38)36-29(42)23(9-8-14-35-31(34)44)37-32(45)51-33(4,5)6/h10,12,15,23-28,38H,8-9,11,13-14,16H2,1-7H3,(H,36,42)(H,37,45)(H3,34,35,44)/t23?,24-,25-,26+,27-,28-/m0/s1. The van der Waals surface area contributed by atoms with E-state index in [2.05, 4.69) is 16.0 Å². The van der Waals surface area contributed by atoms with Crippen molar-refractivity contribution in [1.82, 2.24) is 10.6 Å². The summed E-state index contributed by atoms with van der Waals surface area (Å²) >= 11 is 0. The predicted octanol–water partition coefficient (Wildman–Crippen LogP) is 1.13. The highest BCUT2D eigenvalue weighted by Gasteiger charge is 2.54. The van der Waals surface area contributed by atoms with Crippen molar-refractivity contribution < 1.29 is 67.1 Å². The maximum absolute atomic E-state index is 13.4. The topological polar surface area (TPSA) is 257 Å². The number of esters is 4.